The van der Waals surface area contributed by atoms with Crippen LogP contribution < -0.4 is 4.74 Å². The number of fused-ring (bicyclic) bond motifs is 3. The van der Waals surface area contributed by atoms with Gasteiger partial charge in [0.1, 0.15) is 11.6 Å². The van der Waals surface area contributed by atoms with Crippen LogP contribution in [0.4, 0.5) is 4.39 Å². The van der Waals surface area contributed by atoms with Crippen LogP contribution in [-0.2, 0) is 0 Å². The topological polar surface area (TPSA) is 24.8 Å². The molecule has 3 nitrogen and oxygen atoms in total. The van der Waals surface area contributed by atoms with Crippen molar-refractivity contribution in [1.82, 2.24) is 5.01 Å². The van der Waals surface area contributed by atoms with Gasteiger partial charge >= 0.3 is 0 Å². The van der Waals surface area contributed by atoms with Gasteiger partial charge in [0.15, 0.2) is 0 Å². The van der Waals surface area contributed by atoms with Gasteiger partial charge in [-0.2, -0.15) is 5.10 Å². The molecule has 2 heterocycles. The van der Waals surface area contributed by atoms with Crippen LogP contribution in [0, 0.1) is 5.82 Å². The highest BCUT2D eigenvalue weighted by Gasteiger charge is 2.42. The summed E-state index contributed by atoms with van der Waals surface area (Å²) in [5.41, 5.74) is 3.38. The summed E-state index contributed by atoms with van der Waals surface area (Å²) in [6.45, 7) is 0. The fourth-order valence-corrected chi connectivity index (χ4v) is 4.03. The van der Waals surface area contributed by atoms with E-state index in [0.717, 1.165) is 29.0 Å². The molecular formula is C22H16ClFN2O. The van der Waals surface area contributed by atoms with Crippen LogP contribution in [-0.4, -0.2) is 10.7 Å². The lowest BCUT2D eigenvalue weighted by molar-refractivity contribution is -0.0211. The minimum absolute atomic E-state index is 0.0224. The molecule has 5 rings (SSSR count). The molecule has 0 saturated heterocycles. The van der Waals surface area contributed by atoms with E-state index in [2.05, 4.69) is 0 Å². The summed E-state index contributed by atoms with van der Waals surface area (Å²) in [5, 5.41) is 7.00. The van der Waals surface area contributed by atoms with E-state index in [-0.39, 0.29) is 6.04 Å². The van der Waals surface area contributed by atoms with E-state index < -0.39 is 12.0 Å². The molecule has 5 heteroatoms. The quantitative estimate of drug-likeness (QED) is 0.569. The fraction of sp³-hybridized carbons (Fsp3) is 0.136. The molecule has 0 bridgehead atoms. The van der Waals surface area contributed by atoms with Crippen molar-refractivity contribution in [3.63, 3.8) is 0 Å². The second-order valence-corrected chi connectivity index (χ2v) is 7.06. The number of nitrogens with zero attached hydrogens (tertiary/aromatic N) is 2. The number of ether oxygens (including phenoxy) is 1. The van der Waals surface area contributed by atoms with E-state index >= 15 is 0 Å². The normalized spacial score (nSPS) is 20.5. The molecule has 0 aromatic heterocycles. The molecule has 0 N–H and O–H groups in total. The molecule has 2 atom stereocenters. The summed E-state index contributed by atoms with van der Waals surface area (Å²) in [5.74, 6) is 0.349. The Hall–Kier alpha value is -2.85. The van der Waals surface area contributed by atoms with Crippen LogP contribution in [0.1, 0.15) is 35.4 Å². The Kier molecular flexibility index (Phi) is 3.87. The van der Waals surface area contributed by atoms with E-state index in [1.54, 1.807) is 12.1 Å². The number of rotatable bonds is 2. The van der Waals surface area contributed by atoms with Crippen LogP contribution in [0.2, 0.25) is 5.02 Å². The minimum Gasteiger partial charge on any atom is -0.464 e. The fourth-order valence-electron chi connectivity index (χ4n) is 3.78. The number of halogens is 2. The van der Waals surface area contributed by atoms with Gasteiger partial charge in [-0.3, -0.25) is 0 Å². The molecule has 0 radical (unpaired) electrons. The van der Waals surface area contributed by atoms with Crippen molar-refractivity contribution in [2.75, 3.05) is 0 Å². The summed E-state index contributed by atoms with van der Waals surface area (Å²) in [6, 6.07) is 22.5. The van der Waals surface area contributed by atoms with E-state index in [0.29, 0.717) is 10.6 Å². The SMILES string of the molecule is Fc1cccc(Cl)c1[C@@H]1Oc2ccccc2[C@H]2CC(c3ccccc3)=NN21. The molecule has 134 valence electrons. The van der Waals surface area contributed by atoms with Crippen molar-refractivity contribution in [2.45, 2.75) is 18.7 Å². The number of hydrogen-bond donors (Lipinski definition) is 0. The van der Waals surface area contributed by atoms with Crippen LogP contribution >= 0.6 is 11.6 Å². The zero-order valence-corrected chi connectivity index (χ0v) is 15.1. The Bertz CT molecular complexity index is 1020. The maximum absolute atomic E-state index is 14.6. The Morgan fingerprint density at radius 1 is 0.963 bits per heavy atom. The van der Waals surface area contributed by atoms with Gasteiger partial charge in [-0.25, -0.2) is 9.40 Å². The van der Waals surface area contributed by atoms with Gasteiger partial charge < -0.3 is 4.74 Å². The average Bonchev–Trinajstić information content (AvgIpc) is 3.14. The first-order valence-electron chi connectivity index (χ1n) is 8.83. The largest absolute Gasteiger partial charge is 0.464 e. The van der Waals surface area contributed by atoms with Crippen LogP contribution in [0.3, 0.4) is 0 Å². The molecule has 0 amide bonds. The van der Waals surface area contributed by atoms with E-state index in [1.807, 2.05) is 59.6 Å². The number of para-hydroxylation sites is 1. The van der Waals surface area contributed by atoms with Gasteiger partial charge in [0.25, 0.3) is 0 Å². The third-order valence-corrected chi connectivity index (χ3v) is 5.38. The highest BCUT2D eigenvalue weighted by atomic mass is 35.5. The van der Waals surface area contributed by atoms with Crippen molar-refractivity contribution < 1.29 is 9.13 Å². The maximum atomic E-state index is 14.6. The number of hydrogen-bond acceptors (Lipinski definition) is 3. The van der Waals surface area contributed by atoms with Crippen molar-refractivity contribution in [1.29, 1.82) is 0 Å². The van der Waals surface area contributed by atoms with Gasteiger partial charge in [0.2, 0.25) is 6.23 Å². The molecular weight excluding hydrogens is 363 g/mol. The molecule has 0 aliphatic carbocycles. The van der Waals surface area contributed by atoms with Crippen molar-refractivity contribution in [3.8, 4) is 5.75 Å². The third kappa shape index (κ3) is 2.68. The lowest BCUT2D eigenvalue weighted by Crippen LogP contribution is -2.34. The van der Waals surface area contributed by atoms with Crippen LogP contribution in [0.15, 0.2) is 77.9 Å². The molecule has 3 aromatic carbocycles. The zero-order valence-electron chi connectivity index (χ0n) is 14.3. The molecule has 3 aromatic rings. The molecule has 2 aliphatic heterocycles. The summed E-state index contributed by atoms with van der Waals surface area (Å²) < 4.78 is 20.8. The summed E-state index contributed by atoms with van der Waals surface area (Å²) in [7, 11) is 0. The van der Waals surface area contributed by atoms with Gasteiger partial charge in [-0.05, 0) is 23.8 Å². The number of benzene rings is 3. The summed E-state index contributed by atoms with van der Waals surface area (Å²) in [4.78, 5) is 0. The molecule has 2 aliphatic rings. The lowest BCUT2D eigenvalue weighted by Gasteiger charge is -2.38. The summed E-state index contributed by atoms with van der Waals surface area (Å²) >= 11 is 6.34. The van der Waals surface area contributed by atoms with Gasteiger partial charge in [0, 0.05) is 12.0 Å². The van der Waals surface area contributed by atoms with Gasteiger partial charge in [0.05, 0.1) is 22.3 Å². The Balaban J connectivity index is 1.65. The molecule has 0 unspecified atom stereocenters. The minimum atomic E-state index is -0.709. The first kappa shape index (κ1) is 16.3. The van der Waals surface area contributed by atoms with Crippen molar-refractivity contribution in [2.24, 2.45) is 5.10 Å². The third-order valence-electron chi connectivity index (χ3n) is 5.05. The lowest BCUT2D eigenvalue weighted by atomic mass is 9.96. The smallest absolute Gasteiger partial charge is 0.218 e. The zero-order chi connectivity index (χ0) is 18.4. The molecule has 0 spiro atoms. The monoisotopic (exact) mass is 378 g/mol. The van der Waals surface area contributed by atoms with Crippen molar-refractivity contribution in [3.05, 3.63) is 100 Å². The highest BCUT2D eigenvalue weighted by molar-refractivity contribution is 6.31. The van der Waals surface area contributed by atoms with Gasteiger partial charge in [-0.1, -0.05) is 66.2 Å². The second kappa shape index (κ2) is 6.39. The average molecular weight is 379 g/mol. The van der Waals surface area contributed by atoms with E-state index in [1.165, 1.54) is 6.07 Å². The molecule has 0 fully saturated rings. The molecule has 27 heavy (non-hydrogen) atoms. The van der Waals surface area contributed by atoms with E-state index in [9.17, 15) is 4.39 Å². The van der Waals surface area contributed by atoms with Gasteiger partial charge in [-0.15, -0.1) is 0 Å². The first-order valence-corrected chi connectivity index (χ1v) is 9.21. The first-order chi connectivity index (χ1) is 13.2. The predicted molar refractivity (Wildman–Crippen MR) is 103 cm³/mol. The summed E-state index contributed by atoms with van der Waals surface area (Å²) in [6.07, 6.45) is 0.0206. The molecule has 0 saturated carbocycles. The predicted octanol–water partition coefficient (Wildman–Crippen LogP) is 5.72. The Morgan fingerprint density at radius 2 is 1.74 bits per heavy atom. The van der Waals surface area contributed by atoms with E-state index in [4.69, 9.17) is 21.4 Å². The Morgan fingerprint density at radius 3 is 2.56 bits per heavy atom. The number of hydrazone groups is 1. The Labute approximate surface area is 161 Å². The second-order valence-electron chi connectivity index (χ2n) is 6.66. The van der Waals surface area contributed by atoms with Crippen LogP contribution in [0.25, 0.3) is 0 Å². The maximum Gasteiger partial charge on any atom is 0.218 e. The standard InChI is InChI=1S/C22H16ClFN2O/c23-16-10-6-11-17(24)21(16)22-26-19(15-9-4-5-12-20(15)27-22)13-18(25-26)14-7-2-1-3-8-14/h1-12,19,22H,13H2/t19-,22+/m1/s1. The highest BCUT2D eigenvalue weighted by Crippen LogP contribution is 2.48. The van der Waals surface area contributed by atoms with Crippen LogP contribution in [0.5, 0.6) is 5.75 Å². The van der Waals surface area contributed by atoms with Crippen molar-refractivity contribution >= 4 is 17.3 Å².